The van der Waals surface area contributed by atoms with E-state index in [4.69, 9.17) is 4.74 Å². The second-order valence-electron chi connectivity index (χ2n) is 8.10. The minimum Gasteiger partial charge on any atom is -0.449 e. The Labute approximate surface area is 175 Å². The average Bonchev–Trinajstić information content (AvgIpc) is 2.87. The Bertz CT molecular complexity index is 941. The molecule has 0 bridgehead atoms. The van der Waals surface area contributed by atoms with Gasteiger partial charge >= 0.3 is 5.97 Å². The fraction of sp³-hybridized carbons (Fsp3) is 0.409. The number of amides is 2. The SMILES string of the molecule is Cc1cccc(NC(=O)C(C)OC(=O)c2c(NC(=O)C(C)(C)C)sc(C)c2C)c1. The van der Waals surface area contributed by atoms with Gasteiger partial charge in [-0.05, 0) is 51.0 Å². The van der Waals surface area contributed by atoms with Crippen molar-refractivity contribution in [3.05, 3.63) is 45.8 Å². The third kappa shape index (κ3) is 5.67. The Morgan fingerprint density at radius 3 is 2.31 bits per heavy atom. The van der Waals surface area contributed by atoms with Crippen molar-refractivity contribution in [3.63, 3.8) is 0 Å². The van der Waals surface area contributed by atoms with Crippen molar-refractivity contribution < 1.29 is 19.1 Å². The number of hydrogen-bond donors (Lipinski definition) is 2. The number of carbonyl (C=O) groups excluding carboxylic acids is 3. The van der Waals surface area contributed by atoms with Crippen molar-refractivity contribution in [2.75, 3.05) is 10.6 Å². The molecular formula is C22H28N2O4S. The van der Waals surface area contributed by atoms with E-state index >= 15 is 0 Å². The number of carbonyl (C=O) groups is 3. The highest BCUT2D eigenvalue weighted by atomic mass is 32.1. The quantitative estimate of drug-likeness (QED) is 0.683. The molecule has 0 saturated heterocycles. The van der Waals surface area contributed by atoms with Gasteiger partial charge in [-0.3, -0.25) is 9.59 Å². The zero-order valence-electron chi connectivity index (χ0n) is 17.9. The molecule has 1 unspecified atom stereocenters. The summed E-state index contributed by atoms with van der Waals surface area (Å²) in [5.41, 5.74) is 2.07. The topological polar surface area (TPSA) is 84.5 Å². The highest BCUT2D eigenvalue weighted by molar-refractivity contribution is 7.16. The minimum absolute atomic E-state index is 0.196. The lowest BCUT2D eigenvalue weighted by atomic mass is 9.96. The van der Waals surface area contributed by atoms with E-state index in [-0.39, 0.29) is 5.91 Å². The molecule has 0 aliphatic rings. The van der Waals surface area contributed by atoms with E-state index in [2.05, 4.69) is 10.6 Å². The summed E-state index contributed by atoms with van der Waals surface area (Å²) in [7, 11) is 0. The maximum Gasteiger partial charge on any atom is 0.342 e. The molecular weight excluding hydrogens is 388 g/mol. The lowest BCUT2D eigenvalue weighted by Gasteiger charge is -2.18. The molecule has 0 radical (unpaired) electrons. The molecule has 7 heteroatoms. The van der Waals surface area contributed by atoms with Crippen LogP contribution in [0.5, 0.6) is 0 Å². The van der Waals surface area contributed by atoms with Gasteiger partial charge in [0, 0.05) is 16.0 Å². The molecule has 0 saturated carbocycles. The molecule has 29 heavy (non-hydrogen) atoms. The van der Waals surface area contributed by atoms with Crippen LogP contribution in [0.4, 0.5) is 10.7 Å². The zero-order valence-corrected chi connectivity index (χ0v) is 18.7. The van der Waals surface area contributed by atoms with E-state index in [1.807, 2.05) is 32.0 Å². The number of benzene rings is 1. The van der Waals surface area contributed by atoms with Crippen LogP contribution in [-0.4, -0.2) is 23.9 Å². The van der Waals surface area contributed by atoms with E-state index in [0.29, 0.717) is 16.3 Å². The molecule has 0 spiro atoms. The van der Waals surface area contributed by atoms with Gasteiger partial charge in [0.15, 0.2) is 6.10 Å². The molecule has 2 N–H and O–H groups in total. The highest BCUT2D eigenvalue weighted by Gasteiger charge is 2.28. The fourth-order valence-corrected chi connectivity index (χ4v) is 3.53. The van der Waals surface area contributed by atoms with Crippen LogP contribution in [0.1, 0.15) is 54.1 Å². The lowest BCUT2D eigenvalue weighted by Crippen LogP contribution is -2.31. The summed E-state index contributed by atoms with van der Waals surface area (Å²) in [5, 5.41) is 6.00. The Kier molecular flexibility index (Phi) is 6.85. The first kappa shape index (κ1) is 22.6. The van der Waals surface area contributed by atoms with Crippen molar-refractivity contribution in [1.29, 1.82) is 0 Å². The van der Waals surface area contributed by atoms with E-state index in [0.717, 1.165) is 16.0 Å². The summed E-state index contributed by atoms with van der Waals surface area (Å²) in [6.07, 6.45) is -0.992. The number of nitrogens with one attached hydrogen (secondary N) is 2. The highest BCUT2D eigenvalue weighted by Crippen LogP contribution is 2.34. The van der Waals surface area contributed by atoms with E-state index in [1.165, 1.54) is 18.3 Å². The second-order valence-corrected chi connectivity index (χ2v) is 9.32. The molecule has 1 heterocycles. The Morgan fingerprint density at radius 1 is 1.07 bits per heavy atom. The molecule has 0 aliphatic heterocycles. The molecule has 1 aromatic carbocycles. The maximum atomic E-state index is 12.8. The van der Waals surface area contributed by atoms with Crippen molar-refractivity contribution in [2.45, 2.75) is 54.6 Å². The average molecular weight is 417 g/mol. The third-order valence-electron chi connectivity index (χ3n) is 4.44. The Balaban J connectivity index is 2.15. The molecule has 2 aromatic rings. The zero-order chi connectivity index (χ0) is 21.9. The predicted octanol–water partition coefficient (Wildman–Crippen LogP) is 4.84. The summed E-state index contributed by atoms with van der Waals surface area (Å²) in [5.74, 6) is -1.25. The van der Waals surface area contributed by atoms with Gasteiger partial charge in [0.05, 0.1) is 5.56 Å². The normalized spacial score (nSPS) is 12.2. The number of anilines is 2. The first-order valence-corrected chi connectivity index (χ1v) is 10.2. The van der Waals surface area contributed by atoms with Crippen LogP contribution in [0, 0.1) is 26.2 Å². The van der Waals surface area contributed by atoms with Gasteiger partial charge in [-0.25, -0.2) is 4.79 Å². The molecule has 6 nitrogen and oxygen atoms in total. The number of thiophene rings is 1. The molecule has 0 aliphatic carbocycles. The van der Waals surface area contributed by atoms with Crippen molar-refractivity contribution in [2.24, 2.45) is 5.41 Å². The Hall–Kier alpha value is -2.67. The van der Waals surface area contributed by atoms with Gasteiger partial charge in [-0.2, -0.15) is 0 Å². The van der Waals surface area contributed by atoms with E-state index in [9.17, 15) is 14.4 Å². The standard InChI is InChI=1S/C22H28N2O4S/c1-12-9-8-10-16(11-12)23-18(25)14(3)28-20(26)17-13(2)15(4)29-19(17)24-21(27)22(5,6)7/h8-11,14H,1-7H3,(H,23,25)(H,24,27). The van der Waals surface area contributed by atoms with Gasteiger partial charge in [-0.1, -0.05) is 32.9 Å². The Morgan fingerprint density at radius 2 is 1.72 bits per heavy atom. The third-order valence-corrected chi connectivity index (χ3v) is 5.56. The van der Waals surface area contributed by atoms with Gasteiger partial charge in [0.2, 0.25) is 5.91 Å². The first-order valence-electron chi connectivity index (χ1n) is 9.40. The number of aryl methyl sites for hydroxylation is 2. The van der Waals surface area contributed by atoms with Gasteiger partial charge in [0.25, 0.3) is 5.91 Å². The summed E-state index contributed by atoms with van der Waals surface area (Å²) >= 11 is 1.32. The number of esters is 1. The largest absolute Gasteiger partial charge is 0.449 e. The van der Waals surface area contributed by atoms with Crippen LogP contribution in [0.15, 0.2) is 24.3 Å². The van der Waals surface area contributed by atoms with Crippen LogP contribution in [-0.2, 0) is 14.3 Å². The number of hydrogen-bond acceptors (Lipinski definition) is 5. The van der Waals surface area contributed by atoms with E-state index in [1.54, 1.807) is 33.8 Å². The van der Waals surface area contributed by atoms with Gasteiger partial charge < -0.3 is 15.4 Å². The van der Waals surface area contributed by atoms with Crippen molar-refractivity contribution >= 4 is 39.8 Å². The summed E-state index contributed by atoms with van der Waals surface area (Å²) in [4.78, 5) is 38.5. The molecule has 156 valence electrons. The summed E-state index contributed by atoms with van der Waals surface area (Å²) in [6, 6.07) is 7.36. The second kappa shape index (κ2) is 8.78. The number of rotatable bonds is 5. The summed E-state index contributed by atoms with van der Waals surface area (Å²) < 4.78 is 5.41. The molecule has 0 fully saturated rings. The monoisotopic (exact) mass is 416 g/mol. The minimum atomic E-state index is -0.992. The molecule has 2 rings (SSSR count). The smallest absolute Gasteiger partial charge is 0.342 e. The molecule has 1 atom stereocenters. The maximum absolute atomic E-state index is 12.8. The van der Waals surface area contributed by atoms with Crippen LogP contribution in [0.3, 0.4) is 0 Å². The fourth-order valence-electron chi connectivity index (χ4n) is 2.49. The first-order chi connectivity index (χ1) is 13.4. The van der Waals surface area contributed by atoms with Crippen molar-refractivity contribution in [3.8, 4) is 0 Å². The van der Waals surface area contributed by atoms with E-state index < -0.39 is 23.4 Å². The van der Waals surface area contributed by atoms with Crippen LogP contribution in [0.2, 0.25) is 0 Å². The molecule has 2 amide bonds. The predicted molar refractivity (Wildman–Crippen MR) is 117 cm³/mol. The number of ether oxygens (including phenoxy) is 1. The van der Waals surface area contributed by atoms with Crippen LogP contribution >= 0.6 is 11.3 Å². The van der Waals surface area contributed by atoms with Gasteiger partial charge in [0.1, 0.15) is 5.00 Å². The summed E-state index contributed by atoms with van der Waals surface area (Å²) in [6.45, 7) is 12.5. The lowest BCUT2D eigenvalue weighted by molar-refractivity contribution is -0.124. The van der Waals surface area contributed by atoms with Crippen LogP contribution < -0.4 is 10.6 Å². The van der Waals surface area contributed by atoms with Crippen molar-refractivity contribution in [1.82, 2.24) is 0 Å². The molecule has 1 aromatic heterocycles. The van der Waals surface area contributed by atoms with Gasteiger partial charge in [-0.15, -0.1) is 11.3 Å². The van der Waals surface area contributed by atoms with Crippen LogP contribution in [0.25, 0.3) is 0 Å².